The molecule has 0 saturated heterocycles. The standard InChI is InChI=1S/C22H20ClFN2O4S/c1-15-3-10-19(11-4-15)31(28,29)26(2)17-6-8-18(9-7-17)30-14-22(27)25-21-12-5-16(24)13-20(21)23/h3-13H,14H2,1-2H3,(H,25,27). The molecule has 0 bridgehead atoms. The molecule has 162 valence electrons. The molecule has 1 N–H and O–H groups in total. The first-order valence-electron chi connectivity index (χ1n) is 9.20. The van der Waals surface area contributed by atoms with Crippen LogP contribution in [0.2, 0.25) is 5.02 Å². The number of anilines is 2. The van der Waals surface area contributed by atoms with Gasteiger partial charge in [0.25, 0.3) is 15.9 Å². The van der Waals surface area contributed by atoms with E-state index in [1.165, 1.54) is 23.5 Å². The first-order valence-corrected chi connectivity index (χ1v) is 11.0. The number of ether oxygens (including phenoxy) is 1. The zero-order valence-electron chi connectivity index (χ0n) is 16.8. The highest BCUT2D eigenvalue weighted by molar-refractivity contribution is 7.92. The topological polar surface area (TPSA) is 75.7 Å². The van der Waals surface area contributed by atoms with E-state index < -0.39 is 21.7 Å². The molecule has 0 aromatic heterocycles. The summed E-state index contributed by atoms with van der Waals surface area (Å²) in [5.41, 5.74) is 1.68. The highest BCUT2D eigenvalue weighted by atomic mass is 35.5. The van der Waals surface area contributed by atoms with Crippen LogP contribution in [0, 0.1) is 12.7 Å². The van der Waals surface area contributed by atoms with Crippen LogP contribution in [0.3, 0.4) is 0 Å². The van der Waals surface area contributed by atoms with Gasteiger partial charge in [-0.05, 0) is 61.5 Å². The first-order chi connectivity index (χ1) is 14.7. The molecule has 1 amide bonds. The maximum Gasteiger partial charge on any atom is 0.264 e. The SMILES string of the molecule is Cc1ccc(S(=O)(=O)N(C)c2ccc(OCC(=O)Nc3ccc(F)cc3Cl)cc2)cc1. The molecule has 3 aromatic carbocycles. The minimum Gasteiger partial charge on any atom is -0.484 e. The van der Waals surface area contributed by atoms with Crippen molar-refractivity contribution < 1.29 is 22.3 Å². The van der Waals surface area contributed by atoms with Crippen LogP contribution in [0.15, 0.2) is 71.6 Å². The third-order valence-corrected chi connectivity index (χ3v) is 6.57. The summed E-state index contributed by atoms with van der Waals surface area (Å²) in [5, 5.41) is 2.61. The third kappa shape index (κ3) is 5.53. The molecule has 0 aliphatic heterocycles. The highest BCUT2D eigenvalue weighted by Crippen LogP contribution is 2.25. The average molecular weight is 463 g/mol. The van der Waals surface area contributed by atoms with Crippen molar-refractivity contribution in [3.05, 3.63) is 83.1 Å². The number of nitrogens with zero attached hydrogens (tertiary/aromatic N) is 1. The van der Waals surface area contributed by atoms with E-state index in [0.717, 1.165) is 11.6 Å². The molecule has 0 atom stereocenters. The van der Waals surface area contributed by atoms with Gasteiger partial charge in [-0.2, -0.15) is 0 Å². The molecule has 0 heterocycles. The van der Waals surface area contributed by atoms with E-state index in [0.29, 0.717) is 11.4 Å². The Kier molecular flexibility index (Phi) is 6.82. The number of benzene rings is 3. The molecule has 3 rings (SSSR count). The van der Waals surface area contributed by atoms with Gasteiger partial charge in [0.15, 0.2) is 6.61 Å². The molecule has 0 unspecified atom stereocenters. The maximum atomic E-state index is 13.1. The summed E-state index contributed by atoms with van der Waals surface area (Å²) in [6.07, 6.45) is 0. The molecule has 0 saturated carbocycles. The summed E-state index contributed by atoms with van der Waals surface area (Å²) in [5.74, 6) is -0.601. The van der Waals surface area contributed by atoms with E-state index in [1.807, 2.05) is 6.92 Å². The lowest BCUT2D eigenvalue weighted by Gasteiger charge is -2.20. The van der Waals surface area contributed by atoms with Crippen molar-refractivity contribution in [2.24, 2.45) is 0 Å². The number of aryl methyl sites for hydroxylation is 1. The number of hydrogen-bond acceptors (Lipinski definition) is 4. The molecule has 0 aliphatic carbocycles. The Bertz CT molecular complexity index is 1180. The van der Waals surface area contributed by atoms with E-state index in [-0.39, 0.29) is 22.2 Å². The van der Waals surface area contributed by atoms with E-state index in [2.05, 4.69) is 5.32 Å². The zero-order chi connectivity index (χ0) is 22.6. The number of sulfonamides is 1. The van der Waals surface area contributed by atoms with Gasteiger partial charge in [-0.3, -0.25) is 9.10 Å². The second kappa shape index (κ2) is 9.36. The highest BCUT2D eigenvalue weighted by Gasteiger charge is 2.21. The average Bonchev–Trinajstić information content (AvgIpc) is 2.74. The van der Waals surface area contributed by atoms with Crippen molar-refractivity contribution in [3.8, 4) is 5.75 Å². The van der Waals surface area contributed by atoms with Gasteiger partial charge >= 0.3 is 0 Å². The Balaban J connectivity index is 1.62. The first kappa shape index (κ1) is 22.6. The largest absolute Gasteiger partial charge is 0.484 e. The number of carbonyl (C=O) groups is 1. The number of hydrogen-bond donors (Lipinski definition) is 1. The molecular weight excluding hydrogens is 443 g/mol. The van der Waals surface area contributed by atoms with E-state index >= 15 is 0 Å². The van der Waals surface area contributed by atoms with Crippen molar-refractivity contribution in [1.82, 2.24) is 0 Å². The zero-order valence-corrected chi connectivity index (χ0v) is 18.4. The van der Waals surface area contributed by atoms with Crippen molar-refractivity contribution in [2.75, 3.05) is 23.3 Å². The lowest BCUT2D eigenvalue weighted by molar-refractivity contribution is -0.118. The molecule has 9 heteroatoms. The summed E-state index contributed by atoms with van der Waals surface area (Å²) < 4.78 is 45.2. The Labute approximate surface area is 185 Å². The summed E-state index contributed by atoms with van der Waals surface area (Å²) in [6, 6.07) is 16.5. The van der Waals surface area contributed by atoms with Crippen molar-refractivity contribution in [2.45, 2.75) is 11.8 Å². The van der Waals surface area contributed by atoms with Gasteiger partial charge in [-0.15, -0.1) is 0 Å². The number of halogens is 2. The monoisotopic (exact) mass is 462 g/mol. The maximum absolute atomic E-state index is 13.1. The van der Waals surface area contributed by atoms with Crippen molar-refractivity contribution >= 4 is 38.9 Å². The van der Waals surface area contributed by atoms with Gasteiger partial charge in [-0.1, -0.05) is 29.3 Å². The number of carbonyl (C=O) groups excluding carboxylic acids is 1. The summed E-state index contributed by atoms with van der Waals surface area (Å²) >= 11 is 5.88. The molecule has 0 spiro atoms. The fourth-order valence-corrected chi connectivity index (χ4v) is 4.10. The second-order valence-corrected chi connectivity index (χ2v) is 9.12. The van der Waals surface area contributed by atoms with Crippen LogP contribution in [-0.2, 0) is 14.8 Å². The summed E-state index contributed by atoms with van der Waals surface area (Å²) in [6.45, 7) is 1.58. The fourth-order valence-electron chi connectivity index (χ4n) is 2.69. The Morgan fingerprint density at radius 2 is 1.71 bits per heavy atom. The molecule has 0 fully saturated rings. The lowest BCUT2D eigenvalue weighted by Crippen LogP contribution is -2.26. The molecule has 0 radical (unpaired) electrons. The third-order valence-electron chi connectivity index (χ3n) is 4.45. The van der Waals surface area contributed by atoms with Crippen LogP contribution >= 0.6 is 11.6 Å². The predicted octanol–water partition coefficient (Wildman–Crippen LogP) is 4.63. The Morgan fingerprint density at radius 1 is 1.06 bits per heavy atom. The lowest BCUT2D eigenvalue weighted by atomic mass is 10.2. The van der Waals surface area contributed by atoms with Gasteiger partial charge in [-0.25, -0.2) is 12.8 Å². The second-order valence-electron chi connectivity index (χ2n) is 6.74. The van der Waals surface area contributed by atoms with Crippen LogP contribution in [0.25, 0.3) is 0 Å². The normalized spacial score (nSPS) is 11.1. The summed E-state index contributed by atoms with van der Waals surface area (Å²) in [4.78, 5) is 12.2. The van der Waals surface area contributed by atoms with E-state index in [1.54, 1.807) is 48.5 Å². The van der Waals surface area contributed by atoms with Crippen LogP contribution in [-0.4, -0.2) is 28.0 Å². The smallest absolute Gasteiger partial charge is 0.264 e. The van der Waals surface area contributed by atoms with Gasteiger partial charge in [0.2, 0.25) is 0 Å². The number of nitrogens with one attached hydrogen (secondary N) is 1. The Hall–Kier alpha value is -3.10. The molecular formula is C22H20ClFN2O4S. The summed E-state index contributed by atoms with van der Waals surface area (Å²) in [7, 11) is -2.24. The van der Waals surface area contributed by atoms with Gasteiger partial charge in [0.05, 0.1) is 21.3 Å². The minimum absolute atomic E-state index is 0.0792. The van der Waals surface area contributed by atoms with Gasteiger partial charge in [0.1, 0.15) is 11.6 Å². The number of amides is 1. The predicted molar refractivity (Wildman–Crippen MR) is 119 cm³/mol. The number of rotatable bonds is 7. The minimum atomic E-state index is -3.70. The van der Waals surface area contributed by atoms with Crippen LogP contribution in [0.5, 0.6) is 5.75 Å². The Morgan fingerprint density at radius 3 is 2.32 bits per heavy atom. The molecule has 3 aromatic rings. The molecule has 0 aliphatic rings. The van der Waals surface area contributed by atoms with Crippen LogP contribution < -0.4 is 14.4 Å². The van der Waals surface area contributed by atoms with E-state index in [4.69, 9.17) is 16.3 Å². The fraction of sp³-hybridized carbons (Fsp3) is 0.136. The molecule has 31 heavy (non-hydrogen) atoms. The van der Waals surface area contributed by atoms with Gasteiger partial charge in [0, 0.05) is 7.05 Å². The van der Waals surface area contributed by atoms with E-state index in [9.17, 15) is 17.6 Å². The van der Waals surface area contributed by atoms with Crippen LogP contribution in [0.4, 0.5) is 15.8 Å². The van der Waals surface area contributed by atoms with Crippen LogP contribution in [0.1, 0.15) is 5.56 Å². The molecule has 6 nitrogen and oxygen atoms in total. The van der Waals surface area contributed by atoms with Crippen molar-refractivity contribution in [3.63, 3.8) is 0 Å². The van der Waals surface area contributed by atoms with Crippen molar-refractivity contribution in [1.29, 1.82) is 0 Å². The quantitative estimate of drug-likeness (QED) is 0.555. The van der Waals surface area contributed by atoms with Gasteiger partial charge < -0.3 is 10.1 Å².